The minimum absolute atomic E-state index is 0.259. The molecule has 1 aliphatic rings. The van der Waals surface area contributed by atoms with Gasteiger partial charge in [0.15, 0.2) is 5.65 Å². The second-order valence-electron chi connectivity index (χ2n) is 6.20. The van der Waals surface area contributed by atoms with Crippen LogP contribution in [0.25, 0.3) is 5.65 Å². The van der Waals surface area contributed by atoms with Gasteiger partial charge in [0, 0.05) is 19.6 Å². The molecule has 1 fully saturated rings. The molecule has 0 saturated carbocycles. The third-order valence-electron chi connectivity index (χ3n) is 4.46. The van der Waals surface area contributed by atoms with Gasteiger partial charge < -0.3 is 10.1 Å². The average Bonchev–Trinajstić information content (AvgIpc) is 3.11. The quantitative estimate of drug-likeness (QED) is 0.751. The Hall–Kier alpha value is -2.58. The monoisotopic (exact) mass is 339 g/mol. The molecule has 0 aliphatic carbocycles. The highest BCUT2D eigenvalue weighted by molar-refractivity contribution is 5.42. The summed E-state index contributed by atoms with van der Waals surface area (Å²) < 4.78 is 6.94. The number of nitrogens with one attached hydrogen (secondary N) is 1. The highest BCUT2D eigenvalue weighted by Gasteiger charge is 2.22. The van der Waals surface area contributed by atoms with Crippen molar-refractivity contribution in [3.8, 4) is 0 Å². The molecule has 0 radical (unpaired) electrons. The van der Waals surface area contributed by atoms with E-state index in [9.17, 15) is 0 Å². The number of rotatable bonds is 5. The number of morpholine rings is 1. The average molecular weight is 339 g/mol. The first-order valence-corrected chi connectivity index (χ1v) is 8.47. The van der Waals surface area contributed by atoms with Crippen molar-refractivity contribution in [1.82, 2.24) is 30.2 Å². The van der Waals surface area contributed by atoms with Gasteiger partial charge in [0.1, 0.15) is 5.82 Å². The van der Waals surface area contributed by atoms with Crippen LogP contribution in [-0.2, 0) is 4.74 Å². The van der Waals surface area contributed by atoms with Crippen molar-refractivity contribution in [2.24, 2.45) is 0 Å². The molecule has 130 valence electrons. The predicted octanol–water partition coefficient (Wildman–Crippen LogP) is 1.31. The summed E-state index contributed by atoms with van der Waals surface area (Å²) in [7, 11) is 0. The highest BCUT2D eigenvalue weighted by atomic mass is 16.5. The first kappa shape index (κ1) is 15.9. The molecule has 8 heteroatoms. The summed E-state index contributed by atoms with van der Waals surface area (Å²) >= 11 is 0. The Bertz CT molecular complexity index is 844. The van der Waals surface area contributed by atoms with Crippen LogP contribution in [0.4, 0.5) is 5.82 Å². The van der Waals surface area contributed by atoms with Crippen molar-refractivity contribution in [2.45, 2.75) is 13.0 Å². The van der Waals surface area contributed by atoms with Crippen LogP contribution in [-0.4, -0.2) is 63.0 Å². The van der Waals surface area contributed by atoms with Crippen molar-refractivity contribution >= 4 is 11.5 Å². The maximum atomic E-state index is 5.51. The van der Waals surface area contributed by atoms with Gasteiger partial charge in [-0.2, -0.15) is 0 Å². The summed E-state index contributed by atoms with van der Waals surface area (Å²) in [6, 6.07) is 12.7. The molecule has 8 nitrogen and oxygen atoms in total. The Kier molecular flexibility index (Phi) is 4.53. The van der Waals surface area contributed by atoms with Gasteiger partial charge in [-0.05, 0) is 35.0 Å². The lowest BCUT2D eigenvalue weighted by Gasteiger charge is -2.35. The second-order valence-corrected chi connectivity index (χ2v) is 6.20. The molecule has 1 saturated heterocycles. The fourth-order valence-electron chi connectivity index (χ4n) is 3.17. The molecule has 0 amide bonds. The van der Waals surface area contributed by atoms with Crippen LogP contribution in [0.15, 0.2) is 36.4 Å². The summed E-state index contributed by atoms with van der Waals surface area (Å²) in [6.07, 6.45) is 0. The van der Waals surface area contributed by atoms with Gasteiger partial charge in [0.05, 0.1) is 19.3 Å². The molecular weight excluding hydrogens is 318 g/mol. The fourth-order valence-corrected chi connectivity index (χ4v) is 3.17. The number of benzene rings is 1. The Labute approximate surface area is 145 Å². The van der Waals surface area contributed by atoms with E-state index in [1.165, 1.54) is 15.8 Å². The van der Waals surface area contributed by atoms with Gasteiger partial charge in [-0.3, -0.25) is 4.90 Å². The Morgan fingerprint density at radius 2 is 2.08 bits per heavy atom. The van der Waals surface area contributed by atoms with Gasteiger partial charge >= 0.3 is 0 Å². The van der Waals surface area contributed by atoms with Crippen molar-refractivity contribution in [2.75, 3.05) is 38.2 Å². The van der Waals surface area contributed by atoms with Crippen LogP contribution in [0.5, 0.6) is 0 Å². The minimum atomic E-state index is 0.259. The molecule has 0 spiro atoms. The maximum absolute atomic E-state index is 5.51. The van der Waals surface area contributed by atoms with Gasteiger partial charge in [-0.25, -0.2) is 0 Å². The van der Waals surface area contributed by atoms with E-state index in [-0.39, 0.29) is 6.04 Å². The van der Waals surface area contributed by atoms with E-state index in [4.69, 9.17) is 4.74 Å². The summed E-state index contributed by atoms with van der Waals surface area (Å²) in [5.41, 5.74) is 3.20. The zero-order valence-electron chi connectivity index (χ0n) is 14.2. The second kappa shape index (κ2) is 7.12. The first-order chi connectivity index (χ1) is 12.3. The van der Waals surface area contributed by atoms with E-state index in [1.54, 1.807) is 0 Å². The lowest BCUT2D eigenvalue weighted by molar-refractivity contribution is 0.0187. The summed E-state index contributed by atoms with van der Waals surface area (Å²) in [6.45, 7) is 6.29. The number of fused-ring (bicyclic) bond motifs is 1. The van der Waals surface area contributed by atoms with Crippen molar-refractivity contribution in [3.05, 3.63) is 47.5 Å². The number of nitrogens with zero attached hydrogens (tertiary/aromatic N) is 6. The van der Waals surface area contributed by atoms with E-state index in [0.29, 0.717) is 5.65 Å². The van der Waals surface area contributed by atoms with Gasteiger partial charge in [0.25, 0.3) is 0 Å². The largest absolute Gasteiger partial charge is 0.379 e. The molecule has 3 aromatic rings. The lowest BCUT2D eigenvalue weighted by Crippen LogP contribution is -2.41. The zero-order chi connectivity index (χ0) is 17.1. The number of ether oxygens (including phenoxy) is 1. The predicted molar refractivity (Wildman–Crippen MR) is 93.4 cm³/mol. The van der Waals surface area contributed by atoms with Crippen LogP contribution in [0.2, 0.25) is 0 Å². The molecule has 1 aliphatic heterocycles. The number of anilines is 1. The van der Waals surface area contributed by atoms with Gasteiger partial charge in [-0.1, -0.05) is 29.8 Å². The van der Waals surface area contributed by atoms with Crippen molar-refractivity contribution in [3.63, 3.8) is 0 Å². The van der Waals surface area contributed by atoms with E-state index in [2.05, 4.69) is 62.0 Å². The van der Waals surface area contributed by atoms with Gasteiger partial charge in [0.2, 0.25) is 0 Å². The number of tetrazole rings is 1. The Morgan fingerprint density at radius 1 is 1.20 bits per heavy atom. The third-order valence-corrected chi connectivity index (χ3v) is 4.46. The van der Waals surface area contributed by atoms with Crippen molar-refractivity contribution in [1.29, 1.82) is 0 Å². The highest BCUT2D eigenvalue weighted by Crippen LogP contribution is 2.23. The molecule has 3 heterocycles. The molecule has 2 aromatic heterocycles. The topological polar surface area (TPSA) is 80.5 Å². The minimum Gasteiger partial charge on any atom is -0.379 e. The molecule has 1 atom stereocenters. The smallest absolute Gasteiger partial charge is 0.200 e. The van der Waals surface area contributed by atoms with E-state index >= 15 is 0 Å². The molecule has 1 N–H and O–H groups in total. The molecule has 0 unspecified atom stereocenters. The van der Waals surface area contributed by atoms with Crippen LogP contribution >= 0.6 is 0 Å². The standard InChI is InChI=1S/C17H21N7O/c1-13-3-2-4-14(11-13)15(23-7-9-25-10-8-23)12-18-16-5-6-17-19-21-22-24(17)20-16/h2-6,11,15H,7-10,12H2,1H3,(H,18,20)/t15-/m0/s1. The number of hydrogen-bond donors (Lipinski definition) is 1. The molecule has 0 bridgehead atoms. The van der Waals surface area contributed by atoms with Crippen LogP contribution in [0, 0.1) is 6.92 Å². The number of hydrogen-bond acceptors (Lipinski definition) is 7. The number of aromatic nitrogens is 5. The van der Waals surface area contributed by atoms with Crippen molar-refractivity contribution < 1.29 is 4.74 Å². The lowest BCUT2D eigenvalue weighted by atomic mass is 10.0. The third kappa shape index (κ3) is 3.59. The summed E-state index contributed by atoms with van der Waals surface area (Å²) in [4.78, 5) is 2.46. The molecule has 4 rings (SSSR count). The van der Waals surface area contributed by atoms with E-state index < -0.39 is 0 Å². The van der Waals surface area contributed by atoms with E-state index in [1.807, 2.05) is 12.1 Å². The van der Waals surface area contributed by atoms with Crippen LogP contribution in [0.3, 0.4) is 0 Å². The summed E-state index contributed by atoms with van der Waals surface area (Å²) in [5.74, 6) is 0.755. The van der Waals surface area contributed by atoms with Crippen LogP contribution in [0.1, 0.15) is 17.2 Å². The Morgan fingerprint density at radius 3 is 2.92 bits per heavy atom. The van der Waals surface area contributed by atoms with Crippen LogP contribution < -0.4 is 5.32 Å². The summed E-state index contributed by atoms with van der Waals surface area (Å²) in [5, 5.41) is 19.2. The van der Waals surface area contributed by atoms with Gasteiger partial charge in [-0.15, -0.1) is 14.8 Å². The zero-order valence-corrected chi connectivity index (χ0v) is 14.2. The maximum Gasteiger partial charge on any atom is 0.200 e. The number of aryl methyl sites for hydroxylation is 1. The fraction of sp³-hybridized carbons (Fsp3) is 0.412. The molecule has 1 aromatic carbocycles. The SMILES string of the molecule is Cc1cccc([C@H](CNc2ccc3nnnn3n2)N2CCOCC2)c1. The van der Waals surface area contributed by atoms with E-state index in [0.717, 1.165) is 38.7 Å². The molecule has 25 heavy (non-hydrogen) atoms. The normalized spacial score (nSPS) is 16.8. The first-order valence-electron chi connectivity index (χ1n) is 8.47. The molecular formula is C17H21N7O. The Balaban J connectivity index is 1.54.